The zero-order chi connectivity index (χ0) is 21.1. The fourth-order valence-corrected chi connectivity index (χ4v) is 5.46. The van der Waals surface area contributed by atoms with Gasteiger partial charge in [0.2, 0.25) is 0 Å². The van der Waals surface area contributed by atoms with E-state index < -0.39 is 15.3 Å². The Morgan fingerprint density at radius 1 is 1.07 bits per heavy atom. The molecule has 1 unspecified atom stereocenters. The van der Waals surface area contributed by atoms with Crippen molar-refractivity contribution in [3.05, 3.63) is 65.2 Å². The summed E-state index contributed by atoms with van der Waals surface area (Å²) in [5.74, 6) is 0.231. The van der Waals surface area contributed by atoms with E-state index in [1.54, 1.807) is 12.1 Å². The zero-order valence-electron chi connectivity index (χ0n) is 17.0. The first-order valence-corrected chi connectivity index (χ1v) is 11.9. The summed E-state index contributed by atoms with van der Waals surface area (Å²) in [4.78, 5) is 0.287. The Kier molecular flexibility index (Phi) is 6.44. The molecule has 0 radical (unpaired) electrons. The molecule has 2 aromatic carbocycles. The van der Waals surface area contributed by atoms with Gasteiger partial charge in [-0.25, -0.2) is 8.42 Å². The molecule has 1 aliphatic carbocycles. The van der Waals surface area contributed by atoms with Gasteiger partial charge in [-0.2, -0.15) is 0 Å². The highest BCUT2D eigenvalue weighted by Gasteiger charge is 2.43. The Bertz CT molecular complexity index is 961. The molecule has 2 aromatic rings. The van der Waals surface area contributed by atoms with E-state index >= 15 is 0 Å². The van der Waals surface area contributed by atoms with Gasteiger partial charge in [0.1, 0.15) is 0 Å². The van der Waals surface area contributed by atoms with Gasteiger partial charge in [-0.15, -0.1) is 5.16 Å². The van der Waals surface area contributed by atoms with E-state index in [2.05, 4.69) is 24.2 Å². The minimum absolute atomic E-state index is 0.231. The summed E-state index contributed by atoms with van der Waals surface area (Å²) >= 11 is 0. The third-order valence-corrected chi connectivity index (χ3v) is 7.44. The molecular formula is C23H29NO4S. The maximum absolute atomic E-state index is 11.9. The molecule has 3 rings (SSSR count). The van der Waals surface area contributed by atoms with E-state index in [4.69, 9.17) is 0 Å². The van der Waals surface area contributed by atoms with Crippen LogP contribution in [0.2, 0.25) is 0 Å². The largest absolute Gasteiger partial charge is 0.411 e. The van der Waals surface area contributed by atoms with Crippen LogP contribution in [0.3, 0.4) is 0 Å². The van der Waals surface area contributed by atoms with Crippen molar-refractivity contribution >= 4 is 16.1 Å². The van der Waals surface area contributed by atoms with Gasteiger partial charge in [-0.3, -0.25) is 0 Å². The van der Waals surface area contributed by atoms with Crippen LogP contribution in [-0.2, 0) is 15.3 Å². The molecule has 0 spiro atoms. The molecule has 0 aromatic heterocycles. The van der Waals surface area contributed by atoms with E-state index in [1.165, 1.54) is 12.5 Å². The van der Waals surface area contributed by atoms with E-state index in [-0.39, 0.29) is 16.9 Å². The third-order valence-electron chi connectivity index (χ3n) is 6.31. The van der Waals surface area contributed by atoms with Gasteiger partial charge in [-0.05, 0) is 67.3 Å². The highest BCUT2D eigenvalue weighted by atomic mass is 32.2. The molecule has 0 saturated heterocycles. The molecule has 0 bridgehead atoms. The van der Waals surface area contributed by atoms with Crippen molar-refractivity contribution in [3.8, 4) is 0 Å². The third kappa shape index (κ3) is 4.38. The standard InChI is InChI=1S/C23H29NO4S/c1-17-5-3-4-6-22(17)23(15-16-24-26,18-7-11-20(25)12-8-18)19-9-13-21(14-10-19)29(2,27)28/h3-6,9-10,13-14,16,18,20,25-26H,7-8,11-12,15H2,1-2H3/b24-16-. The average molecular weight is 416 g/mol. The first kappa shape index (κ1) is 21.5. The maximum Gasteiger partial charge on any atom is 0.175 e. The van der Waals surface area contributed by atoms with E-state index in [9.17, 15) is 18.7 Å². The molecular weight excluding hydrogens is 386 g/mol. The number of nitrogens with zero attached hydrogens (tertiary/aromatic N) is 1. The number of hydrogen-bond acceptors (Lipinski definition) is 5. The van der Waals surface area contributed by atoms with Crippen molar-refractivity contribution in [2.75, 3.05) is 6.26 Å². The first-order chi connectivity index (χ1) is 13.8. The minimum Gasteiger partial charge on any atom is -0.411 e. The van der Waals surface area contributed by atoms with E-state index in [0.29, 0.717) is 6.42 Å². The molecule has 6 heteroatoms. The van der Waals surface area contributed by atoms with Gasteiger partial charge in [0.25, 0.3) is 0 Å². The molecule has 0 amide bonds. The van der Waals surface area contributed by atoms with E-state index in [0.717, 1.165) is 42.4 Å². The second-order valence-electron chi connectivity index (χ2n) is 8.09. The summed E-state index contributed by atoms with van der Waals surface area (Å²) in [5, 5.41) is 22.6. The van der Waals surface area contributed by atoms with Crippen molar-refractivity contribution in [2.24, 2.45) is 11.1 Å². The van der Waals surface area contributed by atoms with Crippen LogP contribution in [-0.4, -0.2) is 37.3 Å². The number of oxime groups is 1. The Morgan fingerprint density at radius 2 is 1.69 bits per heavy atom. The number of aliphatic hydroxyl groups excluding tert-OH is 1. The second kappa shape index (κ2) is 8.67. The molecule has 1 aliphatic rings. The van der Waals surface area contributed by atoms with Gasteiger partial charge in [0.15, 0.2) is 9.84 Å². The maximum atomic E-state index is 11.9. The van der Waals surface area contributed by atoms with Crippen LogP contribution in [0.15, 0.2) is 58.6 Å². The molecule has 1 fully saturated rings. The fraction of sp³-hybridized carbons (Fsp3) is 0.435. The lowest BCUT2D eigenvalue weighted by Gasteiger charge is -2.45. The van der Waals surface area contributed by atoms with Crippen molar-refractivity contribution in [2.45, 2.75) is 55.4 Å². The summed E-state index contributed by atoms with van der Waals surface area (Å²) in [6, 6.07) is 15.3. The van der Waals surface area contributed by atoms with Crippen molar-refractivity contribution in [1.82, 2.24) is 0 Å². The summed E-state index contributed by atoms with van der Waals surface area (Å²) < 4.78 is 23.9. The highest BCUT2D eigenvalue weighted by molar-refractivity contribution is 7.90. The molecule has 156 valence electrons. The second-order valence-corrected chi connectivity index (χ2v) is 10.1. The molecule has 1 saturated carbocycles. The van der Waals surface area contributed by atoms with Crippen LogP contribution in [0, 0.1) is 12.8 Å². The number of aliphatic hydroxyl groups is 1. The van der Waals surface area contributed by atoms with Crippen molar-refractivity contribution in [3.63, 3.8) is 0 Å². The lowest BCUT2D eigenvalue weighted by Crippen LogP contribution is -2.40. The summed E-state index contributed by atoms with van der Waals surface area (Å²) in [7, 11) is -3.29. The Hall–Kier alpha value is -2.18. The minimum atomic E-state index is -3.29. The van der Waals surface area contributed by atoms with E-state index in [1.807, 2.05) is 24.3 Å². The van der Waals surface area contributed by atoms with Crippen molar-refractivity contribution < 1.29 is 18.7 Å². The van der Waals surface area contributed by atoms with Crippen LogP contribution >= 0.6 is 0 Å². The van der Waals surface area contributed by atoms with Gasteiger partial charge < -0.3 is 10.3 Å². The van der Waals surface area contributed by atoms with Gasteiger partial charge in [-0.1, -0.05) is 36.4 Å². The number of hydrogen-bond donors (Lipinski definition) is 2. The molecule has 5 nitrogen and oxygen atoms in total. The fourth-order valence-electron chi connectivity index (χ4n) is 4.83. The quantitative estimate of drug-likeness (QED) is 0.423. The molecule has 29 heavy (non-hydrogen) atoms. The predicted molar refractivity (Wildman–Crippen MR) is 114 cm³/mol. The Balaban J connectivity index is 2.22. The molecule has 1 atom stereocenters. The number of sulfone groups is 1. The lowest BCUT2D eigenvalue weighted by molar-refractivity contribution is 0.0897. The van der Waals surface area contributed by atoms with Gasteiger partial charge in [0, 0.05) is 24.3 Å². The zero-order valence-corrected chi connectivity index (χ0v) is 17.8. The normalized spacial score (nSPS) is 22.4. The summed E-state index contributed by atoms with van der Waals surface area (Å²) in [5.41, 5.74) is 2.82. The smallest absolute Gasteiger partial charge is 0.175 e. The number of rotatable bonds is 6. The van der Waals surface area contributed by atoms with Crippen LogP contribution in [0.25, 0.3) is 0 Å². The molecule has 0 aliphatic heterocycles. The van der Waals surface area contributed by atoms with Crippen LogP contribution in [0.5, 0.6) is 0 Å². The molecule has 0 heterocycles. The summed E-state index contributed by atoms with van der Waals surface area (Å²) in [6.45, 7) is 2.07. The van der Waals surface area contributed by atoms with Crippen LogP contribution < -0.4 is 0 Å². The van der Waals surface area contributed by atoms with Gasteiger partial charge >= 0.3 is 0 Å². The lowest BCUT2D eigenvalue weighted by atomic mass is 9.59. The van der Waals surface area contributed by atoms with Crippen LogP contribution in [0.4, 0.5) is 0 Å². The Morgan fingerprint density at radius 3 is 2.24 bits per heavy atom. The molecule has 2 N–H and O–H groups in total. The van der Waals surface area contributed by atoms with Crippen LogP contribution in [0.1, 0.15) is 48.8 Å². The highest BCUT2D eigenvalue weighted by Crippen LogP contribution is 2.49. The van der Waals surface area contributed by atoms with Gasteiger partial charge in [0.05, 0.1) is 11.0 Å². The monoisotopic (exact) mass is 415 g/mol. The SMILES string of the molecule is Cc1ccccc1C(C/C=N\O)(c1ccc(S(C)(=O)=O)cc1)C1CCC(O)CC1. The average Bonchev–Trinajstić information content (AvgIpc) is 2.70. The predicted octanol–water partition coefficient (Wildman–Crippen LogP) is 4.09. The number of aryl methyl sites for hydroxylation is 1. The first-order valence-electron chi connectivity index (χ1n) is 9.99. The topological polar surface area (TPSA) is 87.0 Å². The van der Waals surface area contributed by atoms with Crippen molar-refractivity contribution in [1.29, 1.82) is 0 Å². The number of benzene rings is 2. The Labute approximate surface area is 173 Å². The summed E-state index contributed by atoms with van der Waals surface area (Å²) in [6.07, 6.45) is 6.12.